The zero-order valence-electron chi connectivity index (χ0n) is 10.2. The van der Waals surface area contributed by atoms with Crippen LogP contribution >= 0.6 is 11.6 Å². The highest BCUT2D eigenvalue weighted by atomic mass is 35.5. The molecule has 0 aliphatic carbocycles. The molecule has 0 heterocycles. The van der Waals surface area contributed by atoms with Crippen molar-refractivity contribution in [1.29, 1.82) is 5.26 Å². The largest absolute Gasteiger partial charge is 0.511 e. The van der Waals surface area contributed by atoms with Gasteiger partial charge in [-0.05, 0) is 30.7 Å². The second kappa shape index (κ2) is 7.24. The molecule has 0 aliphatic heterocycles. The van der Waals surface area contributed by atoms with Gasteiger partial charge in [-0.1, -0.05) is 17.7 Å². The molecule has 1 aromatic carbocycles. The number of aliphatic hydroxyl groups excluding tert-OH is 1. The summed E-state index contributed by atoms with van der Waals surface area (Å²) in [6, 6.07) is 8.14. The number of anilines is 1. The first-order valence-corrected chi connectivity index (χ1v) is 5.96. The fourth-order valence-electron chi connectivity index (χ4n) is 1.34. The first-order chi connectivity index (χ1) is 9.08. The van der Waals surface area contributed by atoms with Crippen molar-refractivity contribution in [2.24, 2.45) is 0 Å². The van der Waals surface area contributed by atoms with Gasteiger partial charge in [0.05, 0.1) is 0 Å². The molecule has 1 rings (SSSR count). The van der Waals surface area contributed by atoms with Crippen molar-refractivity contribution < 1.29 is 9.90 Å². The van der Waals surface area contributed by atoms with Crippen LogP contribution in [0.1, 0.15) is 12.8 Å². The van der Waals surface area contributed by atoms with E-state index in [1.165, 1.54) is 0 Å². The minimum Gasteiger partial charge on any atom is -0.511 e. The van der Waals surface area contributed by atoms with Crippen LogP contribution < -0.4 is 5.32 Å². The smallest absolute Gasteiger partial charge is 0.269 e. The third-order valence-corrected chi connectivity index (χ3v) is 2.57. The van der Waals surface area contributed by atoms with Crippen LogP contribution in [0.3, 0.4) is 0 Å². The van der Waals surface area contributed by atoms with Crippen LogP contribution in [0.4, 0.5) is 5.69 Å². The first kappa shape index (κ1) is 14.8. The van der Waals surface area contributed by atoms with Crippen molar-refractivity contribution in [3.05, 3.63) is 53.3 Å². The van der Waals surface area contributed by atoms with Crippen molar-refractivity contribution in [3.8, 4) is 6.07 Å². The van der Waals surface area contributed by atoms with E-state index in [2.05, 4.69) is 11.9 Å². The van der Waals surface area contributed by atoms with Gasteiger partial charge in [-0.25, -0.2) is 0 Å². The molecule has 2 N–H and O–H groups in total. The minimum atomic E-state index is -0.647. The van der Waals surface area contributed by atoms with Crippen molar-refractivity contribution in [3.63, 3.8) is 0 Å². The topological polar surface area (TPSA) is 73.1 Å². The molecule has 4 nitrogen and oxygen atoms in total. The molecule has 0 atom stereocenters. The van der Waals surface area contributed by atoms with E-state index in [-0.39, 0.29) is 17.8 Å². The molecule has 0 unspecified atom stereocenters. The molecular formula is C14H13ClN2O2. The zero-order valence-corrected chi connectivity index (χ0v) is 10.9. The summed E-state index contributed by atoms with van der Waals surface area (Å²) >= 11 is 5.72. The molecule has 0 aromatic heterocycles. The third-order valence-electron chi connectivity index (χ3n) is 2.31. The predicted molar refractivity (Wildman–Crippen MR) is 74.8 cm³/mol. The van der Waals surface area contributed by atoms with Gasteiger partial charge in [-0.15, -0.1) is 6.58 Å². The Bertz CT molecular complexity index is 542. The summed E-state index contributed by atoms with van der Waals surface area (Å²) in [4.78, 5) is 11.8. The van der Waals surface area contributed by atoms with E-state index in [0.717, 1.165) is 0 Å². The molecule has 1 aromatic rings. The number of amides is 1. The van der Waals surface area contributed by atoms with Crippen LogP contribution in [0.5, 0.6) is 0 Å². The number of nitriles is 1. The van der Waals surface area contributed by atoms with Crippen molar-refractivity contribution in [2.45, 2.75) is 12.8 Å². The molecule has 0 saturated heterocycles. The van der Waals surface area contributed by atoms with Crippen LogP contribution in [0.15, 0.2) is 48.3 Å². The molecule has 19 heavy (non-hydrogen) atoms. The van der Waals surface area contributed by atoms with Gasteiger partial charge in [0.2, 0.25) is 0 Å². The van der Waals surface area contributed by atoms with Crippen LogP contribution in [0.2, 0.25) is 5.02 Å². The fourth-order valence-corrected chi connectivity index (χ4v) is 1.46. The van der Waals surface area contributed by atoms with E-state index in [1.54, 1.807) is 36.4 Å². The fraction of sp³-hybridized carbons (Fsp3) is 0.143. The lowest BCUT2D eigenvalue weighted by molar-refractivity contribution is -0.112. The van der Waals surface area contributed by atoms with Crippen molar-refractivity contribution in [1.82, 2.24) is 0 Å². The van der Waals surface area contributed by atoms with Gasteiger partial charge in [0.1, 0.15) is 11.8 Å². The van der Waals surface area contributed by atoms with Gasteiger partial charge in [0.25, 0.3) is 5.91 Å². The van der Waals surface area contributed by atoms with E-state index in [4.69, 9.17) is 16.9 Å². The standard InChI is InChI=1S/C14H13ClN2O2/c1-2-3-4-13(18)12(9-16)14(19)17-11-7-5-10(15)6-8-11/h2,5-8,18H,1,3-4H2,(H,17,19). The van der Waals surface area contributed by atoms with E-state index >= 15 is 0 Å². The summed E-state index contributed by atoms with van der Waals surface area (Å²) in [5, 5.41) is 21.6. The Hall–Kier alpha value is -2.25. The molecule has 0 bridgehead atoms. The Kier molecular flexibility index (Phi) is 5.65. The Morgan fingerprint density at radius 1 is 1.47 bits per heavy atom. The highest BCUT2D eigenvalue weighted by Gasteiger charge is 2.14. The zero-order chi connectivity index (χ0) is 14.3. The first-order valence-electron chi connectivity index (χ1n) is 5.58. The average molecular weight is 277 g/mol. The van der Waals surface area contributed by atoms with Gasteiger partial charge in [0.15, 0.2) is 5.57 Å². The van der Waals surface area contributed by atoms with Gasteiger partial charge in [-0.2, -0.15) is 5.26 Å². The number of nitrogens with one attached hydrogen (secondary N) is 1. The Morgan fingerprint density at radius 3 is 2.63 bits per heavy atom. The molecule has 98 valence electrons. The average Bonchev–Trinajstić information content (AvgIpc) is 2.40. The lowest BCUT2D eigenvalue weighted by atomic mass is 10.1. The maximum Gasteiger partial charge on any atom is 0.269 e. The molecule has 0 spiro atoms. The number of aliphatic hydroxyl groups is 1. The summed E-state index contributed by atoms with van der Waals surface area (Å²) in [6.07, 6.45) is 2.30. The lowest BCUT2D eigenvalue weighted by Crippen LogP contribution is -2.15. The number of carbonyl (C=O) groups is 1. The van der Waals surface area contributed by atoms with Crippen LogP contribution in [0.25, 0.3) is 0 Å². The Labute approximate surface area is 116 Å². The van der Waals surface area contributed by atoms with E-state index < -0.39 is 5.91 Å². The molecule has 0 fully saturated rings. The van der Waals surface area contributed by atoms with Crippen molar-refractivity contribution >= 4 is 23.2 Å². The monoisotopic (exact) mass is 276 g/mol. The van der Waals surface area contributed by atoms with Crippen molar-refractivity contribution in [2.75, 3.05) is 5.32 Å². The summed E-state index contributed by atoms with van der Waals surface area (Å²) in [5.74, 6) is -0.889. The third kappa shape index (κ3) is 4.49. The highest BCUT2D eigenvalue weighted by molar-refractivity contribution is 6.30. The SMILES string of the molecule is C=CCCC(O)=C(C#N)C(=O)Nc1ccc(Cl)cc1. The molecule has 0 radical (unpaired) electrons. The maximum atomic E-state index is 11.8. The number of carbonyl (C=O) groups excluding carboxylic acids is 1. The maximum absolute atomic E-state index is 11.8. The van der Waals surface area contributed by atoms with Gasteiger partial charge in [-0.3, -0.25) is 4.79 Å². The molecule has 1 amide bonds. The normalized spacial score (nSPS) is 11.2. The number of benzene rings is 1. The van der Waals surface area contributed by atoms with E-state index in [9.17, 15) is 9.90 Å². The lowest BCUT2D eigenvalue weighted by Gasteiger charge is -2.06. The summed E-state index contributed by atoms with van der Waals surface area (Å²) in [6.45, 7) is 3.51. The minimum absolute atomic E-state index is 0.209. The quantitative estimate of drug-likeness (QED) is 0.374. The number of rotatable bonds is 5. The highest BCUT2D eigenvalue weighted by Crippen LogP contribution is 2.15. The Balaban J connectivity index is 2.83. The van der Waals surface area contributed by atoms with Crippen LogP contribution in [-0.4, -0.2) is 11.0 Å². The summed E-state index contributed by atoms with van der Waals surface area (Å²) < 4.78 is 0. The Morgan fingerprint density at radius 2 is 2.11 bits per heavy atom. The number of hydrogen-bond donors (Lipinski definition) is 2. The number of halogens is 1. The van der Waals surface area contributed by atoms with E-state index in [0.29, 0.717) is 17.1 Å². The molecule has 5 heteroatoms. The number of nitrogens with zero attached hydrogens (tertiary/aromatic N) is 1. The van der Waals surface area contributed by atoms with Gasteiger partial charge in [0, 0.05) is 17.1 Å². The van der Waals surface area contributed by atoms with Crippen LogP contribution in [0, 0.1) is 11.3 Å². The van der Waals surface area contributed by atoms with Gasteiger partial charge >= 0.3 is 0 Å². The van der Waals surface area contributed by atoms with Gasteiger partial charge < -0.3 is 10.4 Å². The summed E-state index contributed by atoms with van der Waals surface area (Å²) in [7, 11) is 0. The molecular weight excluding hydrogens is 264 g/mol. The molecule has 0 saturated carbocycles. The summed E-state index contributed by atoms with van der Waals surface area (Å²) in [5.41, 5.74) is 0.204. The number of hydrogen-bond acceptors (Lipinski definition) is 3. The predicted octanol–water partition coefficient (Wildman–Crippen LogP) is 3.58. The molecule has 0 aliphatic rings. The second-order valence-corrected chi connectivity index (χ2v) is 4.16. The number of allylic oxidation sites excluding steroid dienone is 2. The van der Waals surface area contributed by atoms with E-state index in [1.807, 2.05) is 0 Å². The van der Waals surface area contributed by atoms with Crippen LogP contribution in [-0.2, 0) is 4.79 Å². The second-order valence-electron chi connectivity index (χ2n) is 3.72.